The minimum atomic E-state index is -1.43. The van der Waals surface area contributed by atoms with Crippen LogP contribution < -0.4 is 5.32 Å². The molecule has 2 rings (SSSR count). The predicted octanol–water partition coefficient (Wildman–Crippen LogP) is 2.28. The van der Waals surface area contributed by atoms with Gasteiger partial charge in [-0.25, -0.2) is 9.59 Å². The highest BCUT2D eigenvalue weighted by Gasteiger charge is 2.39. The van der Waals surface area contributed by atoms with Crippen LogP contribution in [0.15, 0.2) is 30.3 Å². The Balaban J connectivity index is 2.09. The molecule has 0 radical (unpaired) electrons. The summed E-state index contributed by atoms with van der Waals surface area (Å²) >= 11 is 0. The molecule has 1 aromatic rings. The minimum Gasteiger partial charge on any atom is -0.479 e. The molecule has 2 N–H and O–H groups in total. The molecule has 1 saturated carbocycles. The monoisotopic (exact) mass is 290 g/mol. The van der Waals surface area contributed by atoms with Gasteiger partial charge in [-0.15, -0.1) is 0 Å². The molecule has 1 fully saturated rings. The summed E-state index contributed by atoms with van der Waals surface area (Å²) in [6, 6.07) is 8.39. The van der Waals surface area contributed by atoms with Crippen molar-refractivity contribution >= 4 is 12.0 Å². The van der Waals surface area contributed by atoms with E-state index < -0.39 is 11.5 Å². The van der Waals surface area contributed by atoms with Crippen LogP contribution in [0.2, 0.25) is 0 Å². The van der Waals surface area contributed by atoms with Gasteiger partial charge in [-0.05, 0) is 30.7 Å². The van der Waals surface area contributed by atoms with Gasteiger partial charge < -0.3 is 15.3 Å². The Hall–Kier alpha value is -2.04. The zero-order chi connectivity index (χ0) is 15.6. The summed E-state index contributed by atoms with van der Waals surface area (Å²) in [7, 11) is 1.70. The second kappa shape index (κ2) is 5.76. The zero-order valence-corrected chi connectivity index (χ0v) is 12.7. The lowest BCUT2D eigenvalue weighted by Crippen LogP contribution is -2.53. The van der Waals surface area contributed by atoms with Crippen molar-refractivity contribution in [2.24, 2.45) is 11.8 Å². The molecule has 2 amide bonds. The fraction of sp³-hybridized carbons (Fsp3) is 0.500. The number of nitrogens with one attached hydrogen (secondary N) is 1. The number of amides is 2. The molecule has 1 aromatic carbocycles. The number of rotatable bonds is 5. The third-order valence-electron chi connectivity index (χ3n) is 4.27. The van der Waals surface area contributed by atoms with Crippen molar-refractivity contribution in [1.29, 1.82) is 0 Å². The first-order valence-electron chi connectivity index (χ1n) is 7.17. The van der Waals surface area contributed by atoms with E-state index in [0.717, 1.165) is 6.42 Å². The van der Waals surface area contributed by atoms with Gasteiger partial charge >= 0.3 is 12.0 Å². The lowest BCUT2D eigenvalue weighted by molar-refractivity contribution is -0.144. The Bertz CT molecular complexity index is 532. The first kappa shape index (κ1) is 15.4. The largest absolute Gasteiger partial charge is 0.479 e. The molecule has 0 aliphatic heterocycles. The normalized spacial score (nSPS) is 23.0. The number of carboxylic acids is 1. The van der Waals surface area contributed by atoms with E-state index in [-0.39, 0.29) is 6.03 Å². The fourth-order valence-corrected chi connectivity index (χ4v) is 2.42. The predicted molar refractivity (Wildman–Crippen MR) is 79.9 cm³/mol. The van der Waals surface area contributed by atoms with E-state index in [9.17, 15) is 14.7 Å². The van der Waals surface area contributed by atoms with Crippen LogP contribution in [-0.4, -0.2) is 35.6 Å². The van der Waals surface area contributed by atoms with Gasteiger partial charge in [0.15, 0.2) is 5.54 Å². The average molecular weight is 290 g/mol. The standard InChI is InChI=1S/C16H22N2O3/c1-11-9-12(11)10-18(3)15(21)17-16(2,14(19)20)13-7-5-4-6-8-13/h4-8,11-12H,9-10H2,1-3H3,(H,17,21)(H,19,20). The molecule has 0 heterocycles. The third-order valence-corrected chi connectivity index (χ3v) is 4.27. The molecule has 5 nitrogen and oxygen atoms in total. The number of carboxylic acid groups (broad SMARTS) is 1. The van der Waals surface area contributed by atoms with Crippen LogP contribution in [0, 0.1) is 11.8 Å². The molecule has 0 spiro atoms. The Morgan fingerprint density at radius 2 is 1.95 bits per heavy atom. The summed E-state index contributed by atoms with van der Waals surface area (Å²) in [6.07, 6.45) is 1.13. The summed E-state index contributed by atoms with van der Waals surface area (Å²) < 4.78 is 0. The van der Waals surface area contributed by atoms with Crippen LogP contribution in [0.1, 0.15) is 25.8 Å². The molecule has 0 saturated heterocycles. The van der Waals surface area contributed by atoms with Gasteiger partial charge in [0, 0.05) is 13.6 Å². The van der Waals surface area contributed by atoms with E-state index in [4.69, 9.17) is 0 Å². The van der Waals surface area contributed by atoms with Crippen molar-refractivity contribution in [3.63, 3.8) is 0 Å². The summed E-state index contributed by atoms with van der Waals surface area (Å²) in [6.45, 7) is 4.33. The summed E-state index contributed by atoms with van der Waals surface area (Å²) in [5.41, 5.74) is -0.874. The highest BCUT2D eigenvalue weighted by molar-refractivity contribution is 5.87. The molecule has 1 aliphatic rings. The maximum atomic E-state index is 12.3. The first-order chi connectivity index (χ1) is 9.84. The average Bonchev–Trinajstić information content (AvgIpc) is 3.14. The summed E-state index contributed by atoms with van der Waals surface area (Å²) in [5, 5.41) is 12.2. The molecule has 0 aromatic heterocycles. The lowest BCUT2D eigenvalue weighted by Gasteiger charge is -2.29. The molecule has 21 heavy (non-hydrogen) atoms. The highest BCUT2D eigenvalue weighted by Crippen LogP contribution is 2.38. The molecular formula is C16H22N2O3. The molecular weight excluding hydrogens is 268 g/mol. The van der Waals surface area contributed by atoms with Crippen molar-refractivity contribution in [1.82, 2.24) is 10.2 Å². The molecule has 3 unspecified atom stereocenters. The SMILES string of the molecule is CC1CC1CN(C)C(=O)NC(C)(C(=O)O)c1ccccc1. The molecule has 5 heteroatoms. The van der Waals surface area contributed by atoms with Gasteiger partial charge in [-0.1, -0.05) is 37.3 Å². The van der Waals surface area contributed by atoms with E-state index in [1.807, 2.05) is 6.07 Å². The van der Waals surface area contributed by atoms with Crippen LogP contribution in [0.3, 0.4) is 0 Å². The van der Waals surface area contributed by atoms with Gasteiger partial charge in [0.25, 0.3) is 0 Å². The molecule has 3 atom stereocenters. The van der Waals surface area contributed by atoms with Crippen LogP contribution in [-0.2, 0) is 10.3 Å². The first-order valence-corrected chi connectivity index (χ1v) is 7.17. The lowest BCUT2D eigenvalue weighted by atomic mass is 9.92. The molecule has 0 bridgehead atoms. The van der Waals surface area contributed by atoms with Gasteiger partial charge in [0.1, 0.15) is 0 Å². The number of carbonyl (C=O) groups excluding carboxylic acids is 1. The van der Waals surface area contributed by atoms with Gasteiger partial charge in [-0.3, -0.25) is 0 Å². The Morgan fingerprint density at radius 1 is 1.38 bits per heavy atom. The number of benzene rings is 1. The highest BCUT2D eigenvalue weighted by atomic mass is 16.4. The Morgan fingerprint density at radius 3 is 2.43 bits per heavy atom. The van der Waals surface area contributed by atoms with Crippen LogP contribution in [0.4, 0.5) is 4.79 Å². The Labute approximate surface area is 125 Å². The van der Waals surface area contributed by atoms with Crippen molar-refractivity contribution in [2.45, 2.75) is 25.8 Å². The van der Waals surface area contributed by atoms with Crippen LogP contribution in [0.5, 0.6) is 0 Å². The second-order valence-electron chi connectivity index (χ2n) is 6.08. The zero-order valence-electron chi connectivity index (χ0n) is 12.7. The number of nitrogens with zero attached hydrogens (tertiary/aromatic N) is 1. The Kier molecular flexibility index (Phi) is 4.21. The fourth-order valence-electron chi connectivity index (χ4n) is 2.42. The maximum absolute atomic E-state index is 12.3. The second-order valence-corrected chi connectivity index (χ2v) is 6.08. The van der Waals surface area contributed by atoms with E-state index in [0.29, 0.717) is 23.9 Å². The number of hydrogen-bond donors (Lipinski definition) is 2. The molecule has 1 aliphatic carbocycles. The van der Waals surface area contributed by atoms with E-state index in [1.54, 1.807) is 36.2 Å². The van der Waals surface area contributed by atoms with Gasteiger partial charge in [0.2, 0.25) is 0 Å². The maximum Gasteiger partial charge on any atom is 0.333 e. The summed E-state index contributed by atoms with van der Waals surface area (Å²) in [4.78, 5) is 25.5. The number of aliphatic carboxylic acids is 1. The van der Waals surface area contributed by atoms with Crippen molar-refractivity contribution in [3.8, 4) is 0 Å². The van der Waals surface area contributed by atoms with E-state index in [2.05, 4.69) is 12.2 Å². The minimum absolute atomic E-state index is 0.358. The quantitative estimate of drug-likeness (QED) is 0.874. The summed E-state index contributed by atoms with van der Waals surface area (Å²) in [5.74, 6) is 0.115. The molecule has 114 valence electrons. The van der Waals surface area contributed by atoms with Crippen LogP contribution >= 0.6 is 0 Å². The van der Waals surface area contributed by atoms with Crippen molar-refractivity contribution in [2.75, 3.05) is 13.6 Å². The number of hydrogen-bond acceptors (Lipinski definition) is 2. The third kappa shape index (κ3) is 3.35. The topological polar surface area (TPSA) is 69.6 Å². The van der Waals surface area contributed by atoms with Gasteiger partial charge in [-0.2, -0.15) is 0 Å². The van der Waals surface area contributed by atoms with Crippen molar-refractivity contribution < 1.29 is 14.7 Å². The van der Waals surface area contributed by atoms with Crippen LogP contribution in [0.25, 0.3) is 0 Å². The van der Waals surface area contributed by atoms with E-state index >= 15 is 0 Å². The van der Waals surface area contributed by atoms with Crippen molar-refractivity contribution in [3.05, 3.63) is 35.9 Å². The van der Waals surface area contributed by atoms with E-state index in [1.165, 1.54) is 6.92 Å². The number of urea groups is 1. The van der Waals surface area contributed by atoms with Gasteiger partial charge in [0.05, 0.1) is 0 Å². The smallest absolute Gasteiger partial charge is 0.333 e. The number of carbonyl (C=O) groups is 2.